The van der Waals surface area contributed by atoms with Crippen LogP contribution in [-0.2, 0) is 11.2 Å². The molecule has 2 aliphatic rings. The molecule has 6 heteroatoms. The average Bonchev–Trinajstić information content (AvgIpc) is 3.36. The molecule has 2 aromatic carbocycles. The van der Waals surface area contributed by atoms with Gasteiger partial charge in [-0.05, 0) is 60.7 Å². The number of anilines is 1. The fourth-order valence-electron chi connectivity index (χ4n) is 3.85. The van der Waals surface area contributed by atoms with Crippen LogP contribution in [-0.4, -0.2) is 32.4 Å². The number of methoxy groups -OCH3 is 1. The maximum Gasteiger partial charge on any atom is 0.322 e. The number of nitrogens with one attached hydrogen (secondary N) is 1. The first-order chi connectivity index (χ1) is 13.2. The van der Waals surface area contributed by atoms with Crippen molar-refractivity contribution in [3.05, 3.63) is 59.4 Å². The molecule has 4 rings (SSSR count). The van der Waals surface area contributed by atoms with Gasteiger partial charge in [-0.2, -0.15) is 0 Å². The number of halogens is 1. The normalized spacial score (nSPS) is 19.6. The van der Waals surface area contributed by atoms with Crippen molar-refractivity contribution in [2.45, 2.75) is 31.4 Å². The van der Waals surface area contributed by atoms with Gasteiger partial charge in [0, 0.05) is 18.8 Å². The lowest BCUT2D eigenvalue weighted by Crippen LogP contribution is -2.44. The minimum atomic E-state index is -0.303. The highest BCUT2D eigenvalue weighted by atomic mass is 19.1. The van der Waals surface area contributed by atoms with E-state index < -0.39 is 0 Å². The van der Waals surface area contributed by atoms with Gasteiger partial charge in [0.05, 0.1) is 19.3 Å². The number of urea groups is 1. The summed E-state index contributed by atoms with van der Waals surface area (Å²) < 4.78 is 24.4. The van der Waals surface area contributed by atoms with Gasteiger partial charge in [0.15, 0.2) is 0 Å². The summed E-state index contributed by atoms with van der Waals surface area (Å²) in [6, 6.07) is 11.5. The third-order valence-electron chi connectivity index (χ3n) is 5.27. The van der Waals surface area contributed by atoms with Crippen LogP contribution in [0.25, 0.3) is 0 Å². The predicted molar refractivity (Wildman–Crippen MR) is 101 cm³/mol. The molecule has 2 atom stereocenters. The molecular formula is C21H23FN2O3. The quantitative estimate of drug-likeness (QED) is 0.890. The van der Waals surface area contributed by atoms with Crippen LogP contribution in [0.1, 0.15) is 30.0 Å². The van der Waals surface area contributed by atoms with Gasteiger partial charge in [0.25, 0.3) is 0 Å². The van der Waals surface area contributed by atoms with Gasteiger partial charge in [0.2, 0.25) is 0 Å². The minimum Gasteiger partial charge on any atom is -0.497 e. The number of carbonyl (C=O) groups excluding carboxylic acids is 1. The molecule has 0 unspecified atom stereocenters. The molecule has 2 aliphatic heterocycles. The molecule has 2 heterocycles. The largest absolute Gasteiger partial charge is 0.497 e. The van der Waals surface area contributed by atoms with Gasteiger partial charge in [-0.25, -0.2) is 9.18 Å². The lowest BCUT2D eigenvalue weighted by atomic mass is 9.99. The van der Waals surface area contributed by atoms with Crippen LogP contribution < -0.4 is 15.0 Å². The fourth-order valence-corrected chi connectivity index (χ4v) is 3.85. The molecule has 2 amide bonds. The van der Waals surface area contributed by atoms with E-state index in [1.165, 1.54) is 12.1 Å². The summed E-state index contributed by atoms with van der Waals surface area (Å²) >= 11 is 0. The standard InChI is InChI=1S/C21H23FN2O3/c1-26-17-8-9-18-15(13-17)10-11-24(18)21(25)23-20(19-3-2-12-27-19)14-4-6-16(22)7-5-14/h4-9,13,19-20H,2-3,10-12H2,1H3,(H,23,25)/t19-,20-/m1/s1. The predicted octanol–water partition coefficient (Wildman–Crippen LogP) is 3.83. The van der Waals surface area contributed by atoms with Gasteiger partial charge in [-0.1, -0.05) is 12.1 Å². The van der Waals surface area contributed by atoms with Crippen LogP contribution in [0.15, 0.2) is 42.5 Å². The van der Waals surface area contributed by atoms with Gasteiger partial charge in [0.1, 0.15) is 11.6 Å². The summed E-state index contributed by atoms with van der Waals surface area (Å²) in [5.41, 5.74) is 2.85. The Labute approximate surface area is 158 Å². The van der Waals surface area contributed by atoms with E-state index in [0.29, 0.717) is 13.2 Å². The van der Waals surface area contributed by atoms with E-state index in [1.807, 2.05) is 18.2 Å². The zero-order valence-electron chi connectivity index (χ0n) is 15.3. The first-order valence-corrected chi connectivity index (χ1v) is 9.28. The first-order valence-electron chi connectivity index (χ1n) is 9.28. The zero-order valence-corrected chi connectivity index (χ0v) is 15.3. The van der Waals surface area contributed by atoms with Crippen LogP contribution in [0.2, 0.25) is 0 Å². The van der Waals surface area contributed by atoms with Gasteiger partial charge in [-0.3, -0.25) is 4.90 Å². The van der Waals surface area contributed by atoms with Gasteiger partial charge < -0.3 is 14.8 Å². The lowest BCUT2D eigenvalue weighted by molar-refractivity contribution is 0.0811. The Kier molecular flexibility index (Phi) is 4.99. The maximum absolute atomic E-state index is 13.3. The molecule has 5 nitrogen and oxygen atoms in total. The molecule has 1 saturated heterocycles. The van der Waals surface area contributed by atoms with Crippen molar-refractivity contribution >= 4 is 11.7 Å². The summed E-state index contributed by atoms with van der Waals surface area (Å²) in [6.07, 6.45) is 2.53. The lowest BCUT2D eigenvalue weighted by Gasteiger charge is -2.28. The van der Waals surface area contributed by atoms with Crippen LogP contribution in [0.3, 0.4) is 0 Å². The van der Waals surface area contributed by atoms with Crippen molar-refractivity contribution < 1.29 is 18.7 Å². The Hall–Kier alpha value is -2.60. The zero-order chi connectivity index (χ0) is 18.8. The Morgan fingerprint density at radius 3 is 2.81 bits per heavy atom. The summed E-state index contributed by atoms with van der Waals surface area (Å²) in [5.74, 6) is 0.498. The highest BCUT2D eigenvalue weighted by Crippen LogP contribution is 2.33. The summed E-state index contributed by atoms with van der Waals surface area (Å²) in [6.45, 7) is 1.31. The third-order valence-corrected chi connectivity index (χ3v) is 5.27. The molecule has 0 saturated carbocycles. The number of rotatable bonds is 4. The molecular weight excluding hydrogens is 347 g/mol. The van der Waals surface area contributed by atoms with E-state index >= 15 is 0 Å². The molecule has 142 valence electrons. The number of carbonyl (C=O) groups is 1. The molecule has 1 N–H and O–H groups in total. The number of hydrogen-bond donors (Lipinski definition) is 1. The summed E-state index contributed by atoms with van der Waals surface area (Å²) in [5, 5.41) is 3.11. The Morgan fingerprint density at radius 2 is 2.11 bits per heavy atom. The molecule has 27 heavy (non-hydrogen) atoms. The second-order valence-corrected chi connectivity index (χ2v) is 6.93. The van der Waals surface area contributed by atoms with E-state index in [4.69, 9.17) is 9.47 Å². The van der Waals surface area contributed by atoms with Crippen molar-refractivity contribution in [2.75, 3.05) is 25.2 Å². The highest BCUT2D eigenvalue weighted by molar-refractivity contribution is 5.94. The molecule has 0 spiro atoms. The number of ether oxygens (including phenoxy) is 2. The molecule has 2 aromatic rings. The third kappa shape index (κ3) is 3.62. The Morgan fingerprint density at radius 1 is 1.30 bits per heavy atom. The molecule has 0 aliphatic carbocycles. The van der Waals surface area contributed by atoms with Crippen LogP contribution >= 0.6 is 0 Å². The minimum absolute atomic E-state index is 0.0997. The van der Waals surface area contributed by atoms with E-state index in [-0.39, 0.29) is 24.0 Å². The number of hydrogen-bond acceptors (Lipinski definition) is 3. The Balaban J connectivity index is 1.55. The number of nitrogens with zero attached hydrogens (tertiary/aromatic N) is 1. The molecule has 0 bridgehead atoms. The second-order valence-electron chi connectivity index (χ2n) is 6.93. The van der Waals surface area contributed by atoms with Crippen molar-refractivity contribution in [1.29, 1.82) is 0 Å². The summed E-state index contributed by atoms with van der Waals surface area (Å²) in [4.78, 5) is 14.8. The van der Waals surface area contributed by atoms with E-state index in [0.717, 1.165) is 41.8 Å². The van der Waals surface area contributed by atoms with Crippen molar-refractivity contribution in [3.63, 3.8) is 0 Å². The van der Waals surface area contributed by atoms with E-state index in [2.05, 4.69) is 5.32 Å². The summed E-state index contributed by atoms with van der Waals surface area (Å²) in [7, 11) is 1.63. The van der Waals surface area contributed by atoms with Crippen molar-refractivity contribution in [1.82, 2.24) is 5.32 Å². The van der Waals surface area contributed by atoms with Gasteiger partial charge in [-0.15, -0.1) is 0 Å². The van der Waals surface area contributed by atoms with Crippen LogP contribution in [0.5, 0.6) is 5.75 Å². The van der Waals surface area contributed by atoms with Gasteiger partial charge >= 0.3 is 6.03 Å². The Bertz CT molecular complexity index is 819. The van der Waals surface area contributed by atoms with Crippen molar-refractivity contribution in [3.8, 4) is 5.75 Å². The highest BCUT2D eigenvalue weighted by Gasteiger charge is 2.32. The number of fused-ring (bicyclic) bond motifs is 1. The van der Waals surface area contributed by atoms with E-state index in [1.54, 1.807) is 24.1 Å². The second kappa shape index (κ2) is 7.56. The van der Waals surface area contributed by atoms with E-state index in [9.17, 15) is 9.18 Å². The topological polar surface area (TPSA) is 50.8 Å². The fraction of sp³-hybridized carbons (Fsp3) is 0.381. The molecule has 0 aromatic heterocycles. The van der Waals surface area contributed by atoms with Crippen molar-refractivity contribution in [2.24, 2.45) is 0 Å². The first kappa shape index (κ1) is 17.8. The monoisotopic (exact) mass is 370 g/mol. The SMILES string of the molecule is COc1ccc2c(c1)CCN2C(=O)N[C@H](c1ccc(F)cc1)[C@H]1CCCO1. The van der Waals surface area contributed by atoms with Crippen LogP contribution in [0.4, 0.5) is 14.9 Å². The molecule has 0 radical (unpaired) electrons. The maximum atomic E-state index is 13.3. The smallest absolute Gasteiger partial charge is 0.322 e. The number of benzene rings is 2. The number of amides is 2. The van der Waals surface area contributed by atoms with Crippen LogP contribution in [0, 0.1) is 5.82 Å². The molecule has 1 fully saturated rings. The average molecular weight is 370 g/mol.